The van der Waals surface area contributed by atoms with Crippen LogP contribution >= 0.6 is 0 Å². The largest absolute Gasteiger partial charge is 0.478 e. The van der Waals surface area contributed by atoms with Crippen LogP contribution in [0.2, 0.25) is 0 Å². The first-order valence-corrected chi connectivity index (χ1v) is 9.43. The predicted molar refractivity (Wildman–Crippen MR) is 105 cm³/mol. The Hall–Kier alpha value is -3.68. The molecule has 0 amide bonds. The summed E-state index contributed by atoms with van der Waals surface area (Å²) in [5.41, 5.74) is 2.54. The van der Waals surface area contributed by atoms with Crippen LogP contribution in [-0.2, 0) is 13.1 Å². The van der Waals surface area contributed by atoms with E-state index in [1.54, 1.807) is 33.5 Å². The minimum absolute atomic E-state index is 0.140. The van der Waals surface area contributed by atoms with E-state index < -0.39 is 5.97 Å². The Kier molecular flexibility index (Phi) is 4.04. The van der Waals surface area contributed by atoms with Gasteiger partial charge in [0.25, 0.3) is 0 Å². The molecule has 0 bridgehead atoms. The maximum absolute atomic E-state index is 13.1. The number of aromatic nitrogens is 4. The van der Waals surface area contributed by atoms with Crippen molar-refractivity contribution in [1.29, 1.82) is 0 Å². The Morgan fingerprint density at radius 1 is 1.10 bits per heavy atom. The first-order chi connectivity index (χ1) is 14.1. The van der Waals surface area contributed by atoms with Gasteiger partial charge in [-0.3, -0.25) is 14.1 Å². The Morgan fingerprint density at radius 2 is 1.97 bits per heavy atom. The SMILES string of the molecule is O=C(O)c1ccc2c(c1)n(Cc1cc(-c3ccccn3)no1)c(=O)n2CC1CC1. The summed E-state index contributed by atoms with van der Waals surface area (Å²) < 4.78 is 8.71. The van der Waals surface area contributed by atoms with E-state index in [0.717, 1.165) is 18.4 Å². The number of aromatic carboxylic acids is 1. The van der Waals surface area contributed by atoms with Crippen LogP contribution in [0.25, 0.3) is 22.4 Å². The van der Waals surface area contributed by atoms with Gasteiger partial charge in [0.1, 0.15) is 5.69 Å². The van der Waals surface area contributed by atoms with Crippen molar-refractivity contribution in [2.75, 3.05) is 0 Å². The van der Waals surface area contributed by atoms with Gasteiger partial charge in [0.15, 0.2) is 5.76 Å². The molecule has 1 N–H and O–H groups in total. The fourth-order valence-electron chi connectivity index (χ4n) is 3.52. The van der Waals surface area contributed by atoms with Crippen LogP contribution < -0.4 is 5.69 Å². The first-order valence-electron chi connectivity index (χ1n) is 9.43. The predicted octanol–water partition coefficient (Wildman–Crippen LogP) is 3.01. The Morgan fingerprint density at radius 3 is 2.69 bits per heavy atom. The van der Waals surface area contributed by atoms with E-state index in [1.807, 2.05) is 18.2 Å². The normalized spacial score (nSPS) is 13.8. The van der Waals surface area contributed by atoms with E-state index in [1.165, 1.54) is 6.07 Å². The molecule has 0 atom stereocenters. The summed E-state index contributed by atoms with van der Waals surface area (Å²) in [6, 6.07) is 12.0. The van der Waals surface area contributed by atoms with Crippen LogP contribution in [-0.4, -0.2) is 30.4 Å². The number of imidazole rings is 1. The van der Waals surface area contributed by atoms with Crippen molar-refractivity contribution >= 4 is 17.0 Å². The molecule has 1 aliphatic rings. The number of hydrogen-bond donors (Lipinski definition) is 1. The minimum Gasteiger partial charge on any atom is -0.478 e. The molecular formula is C21H18N4O4. The van der Waals surface area contributed by atoms with Gasteiger partial charge in [-0.05, 0) is 49.1 Å². The topological polar surface area (TPSA) is 103 Å². The number of hydrogen-bond acceptors (Lipinski definition) is 5. The molecule has 3 aromatic heterocycles. The highest BCUT2D eigenvalue weighted by atomic mass is 16.5. The van der Waals surface area contributed by atoms with Crippen LogP contribution in [0, 0.1) is 5.92 Å². The standard InChI is InChI=1S/C21H18N4O4/c26-20(27)14-6-7-18-19(9-14)25(21(28)24(18)11-13-4-5-13)12-15-10-17(23-29-15)16-3-1-2-8-22-16/h1-3,6-10,13H,4-5,11-12H2,(H,26,27). The molecule has 5 rings (SSSR count). The molecule has 1 aliphatic carbocycles. The van der Waals surface area contributed by atoms with Crippen molar-refractivity contribution in [1.82, 2.24) is 19.3 Å². The number of rotatable bonds is 6. The van der Waals surface area contributed by atoms with Crippen molar-refractivity contribution < 1.29 is 14.4 Å². The van der Waals surface area contributed by atoms with E-state index in [4.69, 9.17) is 4.52 Å². The molecule has 4 aromatic rings. The molecule has 8 nitrogen and oxygen atoms in total. The van der Waals surface area contributed by atoms with E-state index >= 15 is 0 Å². The second-order valence-electron chi connectivity index (χ2n) is 7.32. The Labute approximate surface area is 165 Å². The fraction of sp³-hybridized carbons (Fsp3) is 0.238. The molecule has 0 saturated heterocycles. The van der Waals surface area contributed by atoms with Crippen molar-refractivity contribution in [2.24, 2.45) is 5.92 Å². The number of benzene rings is 1. The minimum atomic E-state index is -1.03. The van der Waals surface area contributed by atoms with Gasteiger partial charge in [-0.2, -0.15) is 0 Å². The molecule has 0 unspecified atom stereocenters. The third-order valence-corrected chi connectivity index (χ3v) is 5.20. The molecule has 1 saturated carbocycles. The molecule has 0 spiro atoms. The number of carboxylic acid groups (broad SMARTS) is 1. The maximum Gasteiger partial charge on any atom is 0.335 e. The summed E-state index contributed by atoms with van der Waals surface area (Å²) in [7, 11) is 0. The van der Waals surface area contributed by atoms with Gasteiger partial charge in [0.05, 0.1) is 28.8 Å². The molecular weight excluding hydrogens is 372 g/mol. The zero-order valence-corrected chi connectivity index (χ0v) is 15.5. The van der Waals surface area contributed by atoms with Crippen LogP contribution in [0.5, 0.6) is 0 Å². The van der Waals surface area contributed by atoms with Crippen LogP contribution in [0.3, 0.4) is 0 Å². The number of nitrogens with zero attached hydrogens (tertiary/aromatic N) is 4. The van der Waals surface area contributed by atoms with E-state index in [-0.39, 0.29) is 17.8 Å². The Balaban J connectivity index is 1.57. The summed E-state index contributed by atoms with van der Waals surface area (Å²) in [5, 5.41) is 13.4. The first kappa shape index (κ1) is 17.4. The monoisotopic (exact) mass is 390 g/mol. The van der Waals surface area contributed by atoms with E-state index in [2.05, 4.69) is 10.1 Å². The molecule has 3 heterocycles. The fourth-order valence-corrected chi connectivity index (χ4v) is 3.52. The second kappa shape index (κ2) is 6.73. The second-order valence-corrected chi connectivity index (χ2v) is 7.32. The summed E-state index contributed by atoms with van der Waals surface area (Å²) >= 11 is 0. The van der Waals surface area contributed by atoms with Crippen LogP contribution in [0.4, 0.5) is 0 Å². The van der Waals surface area contributed by atoms with Crippen LogP contribution in [0.15, 0.2) is 58.0 Å². The lowest BCUT2D eigenvalue weighted by atomic mass is 10.2. The van der Waals surface area contributed by atoms with Gasteiger partial charge < -0.3 is 9.63 Å². The smallest absolute Gasteiger partial charge is 0.335 e. The van der Waals surface area contributed by atoms with Gasteiger partial charge in [0, 0.05) is 18.8 Å². The molecule has 0 radical (unpaired) electrons. The highest BCUT2D eigenvalue weighted by Crippen LogP contribution is 2.31. The third kappa shape index (κ3) is 3.22. The summed E-state index contributed by atoms with van der Waals surface area (Å²) in [6.45, 7) is 0.806. The molecule has 1 aromatic carbocycles. The molecule has 0 aliphatic heterocycles. The van der Waals surface area contributed by atoms with Crippen LogP contribution in [0.1, 0.15) is 29.0 Å². The average Bonchev–Trinajstić information content (AvgIpc) is 3.38. The lowest BCUT2D eigenvalue weighted by molar-refractivity contribution is 0.0697. The quantitative estimate of drug-likeness (QED) is 0.543. The number of carboxylic acids is 1. The highest BCUT2D eigenvalue weighted by Gasteiger charge is 2.25. The summed E-state index contributed by atoms with van der Waals surface area (Å²) in [4.78, 5) is 28.8. The van der Waals surface area contributed by atoms with Gasteiger partial charge in [0.2, 0.25) is 0 Å². The molecule has 29 heavy (non-hydrogen) atoms. The van der Waals surface area contributed by atoms with Gasteiger partial charge in [-0.15, -0.1) is 0 Å². The molecule has 146 valence electrons. The lowest BCUT2D eigenvalue weighted by Crippen LogP contribution is -2.25. The maximum atomic E-state index is 13.1. The van der Waals surface area contributed by atoms with Crippen molar-refractivity contribution in [3.8, 4) is 11.4 Å². The van der Waals surface area contributed by atoms with Gasteiger partial charge >= 0.3 is 11.7 Å². The molecule has 8 heteroatoms. The summed E-state index contributed by atoms with van der Waals surface area (Å²) in [6.07, 6.45) is 3.90. The van der Waals surface area contributed by atoms with Gasteiger partial charge in [-0.25, -0.2) is 9.59 Å². The highest BCUT2D eigenvalue weighted by molar-refractivity contribution is 5.92. The number of fused-ring (bicyclic) bond motifs is 1. The Bertz CT molecular complexity index is 1270. The van der Waals surface area contributed by atoms with E-state index in [9.17, 15) is 14.7 Å². The van der Waals surface area contributed by atoms with E-state index in [0.29, 0.717) is 35.1 Å². The van der Waals surface area contributed by atoms with Crippen molar-refractivity contribution in [3.63, 3.8) is 0 Å². The van der Waals surface area contributed by atoms with Crippen molar-refractivity contribution in [2.45, 2.75) is 25.9 Å². The lowest BCUT2D eigenvalue weighted by Gasteiger charge is -2.01. The zero-order valence-electron chi connectivity index (χ0n) is 15.5. The zero-order chi connectivity index (χ0) is 20.0. The molecule has 1 fully saturated rings. The average molecular weight is 390 g/mol. The number of pyridine rings is 1. The number of carbonyl (C=O) groups is 1. The third-order valence-electron chi connectivity index (χ3n) is 5.20. The van der Waals surface area contributed by atoms with Crippen molar-refractivity contribution in [3.05, 3.63) is 70.5 Å². The van der Waals surface area contributed by atoms with Gasteiger partial charge in [-0.1, -0.05) is 11.2 Å². The summed E-state index contributed by atoms with van der Waals surface area (Å²) in [5.74, 6) is -0.0242.